The molecule has 0 spiro atoms. The topological polar surface area (TPSA) is 67.4 Å². The van der Waals surface area contributed by atoms with Crippen LogP contribution in [-0.2, 0) is 14.3 Å². The Morgan fingerprint density at radius 3 is 1.68 bits per heavy atom. The van der Waals surface area contributed by atoms with Crippen molar-refractivity contribution in [2.45, 2.75) is 107 Å². The monoisotopic (exact) mass is 398 g/mol. The van der Waals surface area contributed by atoms with Crippen LogP contribution in [0.5, 0.6) is 0 Å². The van der Waals surface area contributed by atoms with Gasteiger partial charge in [-0.15, -0.1) is 0 Å². The summed E-state index contributed by atoms with van der Waals surface area (Å²) in [7, 11) is 0. The van der Waals surface area contributed by atoms with Crippen molar-refractivity contribution < 1.29 is 14.3 Å². The number of carbonyl (C=O) groups is 2. The zero-order valence-electron chi connectivity index (χ0n) is 20.5. The molecule has 0 fully saturated rings. The van der Waals surface area contributed by atoms with Crippen LogP contribution in [0.25, 0.3) is 0 Å². The van der Waals surface area contributed by atoms with Crippen molar-refractivity contribution in [1.82, 2.24) is 10.6 Å². The number of hydrogen-bond acceptors (Lipinski definition) is 5. The van der Waals surface area contributed by atoms with Crippen LogP contribution in [0, 0.1) is 16.2 Å². The lowest BCUT2D eigenvalue weighted by Crippen LogP contribution is -2.53. The molecule has 0 aromatic rings. The highest BCUT2D eigenvalue weighted by Gasteiger charge is 2.33. The molecule has 0 saturated carbocycles. The van der Waals surface area contributed by atoms with Crippen molar-refractivity contribution >= 4 is 11.6 Å². The second kappa shape index (κ2) is 9.82. The van der Waals surface area contributed by atoms with E-state index in [0.717, 1.165) is 0 Å². The normalized spacial score (nSPS) is 16.0. The summed E-state index contributed by atoms with van der Waals surface area (Å²) < 4.78 is 5.85. The Kier molecular flexibility index (Phi) is 9.54. The minimum Gasteiger partial charge on any atom is -0.364 e. The molecule has 0 aliphatic heterocycles. The molecule has 5 nitrogen and oxygen atoms in total. The maximum atomic E-state index is 12.8. The maximum absolute atomic E-state index is 12.8. The Labute approximate surface area is 173 Å². The molecule has 0 aromatic heterocycles. The second-order valence-electron chi connectivity index (χ2n) is 12.1. The van der Waals surface area contributed by atoms with Crippen LogP contribution in [0.1, 0.15) is 89.5 Å². The number of ether oxygens (including phenoxy) is 1. The molecule has 0 amide bonds. The van der Waals surface area contributed by atoms with Crippen LogP contribution in [-0.4, -0.2) is 42.5 Å². The fourth-order valence-corrected chi connectivity index (χ4v) is 2.74. The quantitative estimate of drug-likeness (QED) is 0.447. The summed E-state index contributed by atoms with van der Waals surface area (Å²) in [5.41, 5.74) is -1.05. The Balaban J connectivity index is 4.92. The largest absolute Gasteiger partial charge is 0.364 e. The molecule has 0 saturated heterocycles. The highest BCUT2D eigenvalue weighted by Crippen LogP contribution is 2.26. The van der Waals surface area contributed by atoms with E-state index in [0.29, 0.717) is 19.8 Å². The van der Waals surface area contributed by atoms with E-state index >= 15 is 0 Å². The van der Waals surface area contributed by atoms with Crippen molar-refractivity contribution in [2.24, 2.45) is 16.2 Å². The van der Waals surface area contributed by atoms with Gasteiger partial charge in [0.2, 0.25) is 0 Å². The van der Waals surface area contributed by atoms with Gasteiger partial charge in [-0.25, -0.2) is 0 Å². The van der Waals surface area contributed by atoms with Crippen molar-refractivity contribution in [3.8, 4) is 0 Å². The molecule has 0 aromatic carbocycles. The van der Waals surface area contributed by atoms with Gasteiger partial charge in [0.05, 0.1) is 19.4 Å². The van der Waals surface area contributed by atoms with Crippen molar-refractivity contribution in [3.05, 3.63) is 0 Å². The summed E-state index contributed by atoms with van der Waals surface area (Å²) in [5, 5.41) is 6.75. The van der Waals surface area contributed by atoms with E-state index in [1.165, 1.54) is 0 Å². The summed E-state index contributed by atoms with van der Waals surface area (Å²) in [4.78, 5) is 25.3. The molecule has 0 rings (SSSR count). The molecule has 2 unspecified atom stereocenters. The fraction of sp³-hybridized carbons (Fsp3) is 0.913. The molecule has 5 heteroatoms. The van der Waals surface area contributed by atoms with Crippen molar-refractivity contribution in [1.29, 1.82) is 0 Å². The summed E-state index contributed by atoms with van der Waals surface area (Å²) in [6.45, 7) is 24.7. The first-order chi connectivity index (χ1) is 12.2. The zero-order valence-corrected chi connectivity index (χ0v) is 20.5. The summed E-state index contributed by atoms with van der Waals surface area (Å²) >= 11 is 0. The third-order valence-corrected chi connectivity index (χ3v) is 4.65. The van der Waals surface area contributed by atoms with Crippen LogP contribution in [0.4, 0.5) is 0 Å². The Morgan fingerprint density at radius 2 is 1.32 bits per heavy atom. The second-order valence-corrected chi connectivity index (χ2v) is 12.1. The first-order valence-corrected chi connectivity index (χ1v) is 10.4. The number of Topliss-reactive ketones (excluding diaryl/α,β-unsaturated/α-hetero) is 2. The molecule has 0 aliphatic carbocycles. The van der Waals surface area contributed by atoms with E-state index in [9.17, 15) is 9.59 Å². The van der Waals surface area contributed by atoms with Gasteiger partial charge >= 0.3 is 0 Å². The first-order valence-electron chi connectivity index (χ1n) is 10.4. The number of carbonyl (C=O) groups excluding carboxylic acids is 2. The molecular formula is C23H46N2O3. The predicted octanol–water partition coefficient (Wildman–Crippen LogP) is 4.34. The van der Waals surface area contributed by atoms with Crippen molar-refractivity contribution in [3.63, 3.8) is 0 Å². The van der Waals surface area contributed by atoms with Gasteiger partial charge in [0, 0.05) is 28.8 Å². The average Bonchev–Trinajstić information content (AvgIpc) is 2.43. The highest BCUT2D eigenvalue weighted by molar-refractivity contribution is 5.89. The third kappa shape index (κ3) is 10.7. The SMILES string of the molecule is CC(C)(C)NC(COCNC(CC(=O)C(C)(C)C)C(C)(C)C)C(=O)C(C)(C)C. The summed E-state index contributed by atoms with van der Waals surface area (Å²) in [6, 6.07) is -0.363. The predicted molar refractivity (Wildman–Crippen MR) is 117 cm³/mol. The molecule has 0 heterocycles. The zero-order chi connectivity index (χ0) is 22.6. The standard InChI is InChI=1S/C23H46N2O3/c1-20(2,3)17(13-18(26)21(4,5)6)24-15-28-14-16(25-23(10,11)12)19(27)22(7,8)9/h16-17,24-25H,13-15H2,1-12H3. The third-order valence-electron chi connectivity index (χ3n) is 4.65. The Morgan fingerprint density at radius 1 is 0.821 bits per heavy atom. The Hall–Kier alpha value is -0.780. The van der Waals surface area contributed by atoms with Crippen LogP contribution < -0.4 is 10.6 Å². The molecule has 0 radical (unpaired) electrons. The average molecular weight is 399 g/mol. The van der Waals surface area contributed by atoms with Gasteiger partial charge in [-0.05, 0) is 26.2 Å². The number of rotatable bonds is 9. The van der Waals surface area contributed by atoms with E-state index in [4.69, 9.17) is 4.74 Å². The van der Waals surface area contributed by atoms with Gasteiger partial charge in [0.25, 0.3) is 0 Å². The Bertz CT molecular complexity index is 514. The smallest absolute Gasteiger partial charge is 0.157 e. The summed E-state index contributed by atoms with van der Waals surface area (Å²) in [5.74, 6) is 0.368. The summed E-state index contributed by atoms with van der Waals surface area (Å²) in [6.07, 6.45) is 0.459. The van der Waals surface area contributed by atoms with E-state index in [1.807, 2.05) is 62.3 Å². The molecule has 166 valence electrons. The first kappa shape index (κ1) is 27.2. The molecule has 2 N–H and O–H groups in total. The van der Waals surface area contributed by atoms with Crippen LogP contribution in [0.3, 0.4) is 0 Å². The minimum absolute atomic E-state index is 0.00608. The number of nitrogens with one attached hydrogen (secondary N) is 2. The van der Waals surface area contributed by atoms with Gasteiger partial charge in [-0.2, -0.15) is 0 Å². The number of ketones is 2. The molecule has 0 aliphatic rings. The minimum atomic E-state index is -0.438. The van der Waals surface area contributed by atoms with E-state index < -0.39 is 5.41 Å². The van der Waals surface area contributed by atoms with Gasteiger partial charge in [0.15, 0.2) is 5.78 Å². The fourth-order valence-electron chi connectivity index (χ4n) is 2.74. The van der Waals surface area contributed by atoms with Crippen LogP contribution in [0.15, 0.2) is 0 Å². The van der Waals surface area contributed by atoms with Gasteiger partial charge in [-0.1, -0.05) is 62.3 Å². The highest BCUT2D eigenvalue weighted by atomic mass is 16.5. The van der Waals surface area contributed by atoms with Crippen LogP contribution in [0.2, 0.25) is 0 Å². The van der Waals surface area contributed by atoms with E-state index in [2.05, 4.69) is 31.4 Å². The van der Waals surface area contributed by atoms with Crippen molar-refractivity contribution in [2.75, 3.05) is 13.3 Å². The van der Waals surface area contributed by atoms with Gasteiger partial charge in [0.1, 0.15) is 5.78 Å². The number of hydrogen-bond donors (Lipinski definition) is 2. The van der Waals surface area contributed by atoms with Gasteiger partial charge < -0.3 is 10.1 Å². The van der Waals surface area contributed by atoms with Crippen LogP contribution >= 0.6 is 0 Å². The lowest BCUT2D eigenvalue weighted by Gasteiger charge is -2.34. The molecule has 28 heavy (non-hydrogen) atoms. The molecule has 2 atom stereocenters. The maximum Gasteiger partial charge on any atom is 0.157 e. The van der Waals surface area contributed by atoms with E-state index in [-0.39, 0.29) is 40.0 Å². The molecular weight excluding hydrogens is 352 g/mol. The van der Waals surface area contributed by atoms with Gasteiger partial charge in [-0.3, -0.25) is 14.9 Å². The lowest BCUT2D eigenvalue weighted by molar-refractivity contribution is -0.130. The molecule has 0 bridgehead atoms. The van der Waals surface area contributed by atoms with E-state index in [1.54, 1.807) is 0 Å². The lowest BCUT2D eigenvalue weighted by atomic mass is 9.79.